The number of thiocarbonyl (C=S) groups is 1. The highest BCUT2D eigenvalue weighted by Crippen LogP contribution is 2.37. The summed E-state index contributed by atoms with van der Waals surface area (Å²) in [5, 5.41) is 9.35. The molecule has 2 aliphatic heterocycles. The number of halogens is 3. The number of aromatic nitrogens is 1. The first kappa shape index (κ1) is 26.7. The van der Waals surface area contributed by atoms with E-state index >= 15 is 0 Å². The van der Waals surface area contributed by atoms with Crippen LogP contribution in [-0.2, 0) is 6.18 Å². The average molecular weight is 540 g/mol. The molecule has 2 aromatic rings. The van der Waals surface area contributed by atoms with Crippen molar-refractivity contribution in [1.82, 2.24) is 15.2 Å². The Morgan fingerprint density at radius 2 is 1.89 bits per heavy atom. The first-order valence-corrected chi connectivity index (χ1v) is 13.7. The van der Waals surface area contributed by atoms with Crippen molar-refractivity contribution >= 4 is 45.9 Å². The lowest BCUT2D eigenvalue weighted by atomic mass is 9.98. The third-order valence-electron chi connectivity index (χ3n) is 6.57. The fourth-order valence-electron chi connectivity index (χ4n) is 4.54. The number of piperidine rings is 1. The second-order valence-corrected chi connectivity index (χ2v) is 11.1. The third-order valence-corrected chi connectivity index (χ3v) is 7.98. The quantitative estimate of drug-likeness (QED) is 0.458. The Morgan fingerprint density at radius 1 is 1.19 bits per heavy atom. The van der Waals surface area contributed by atoms with Crippen LogP contribution in [0, 0.1) is 5.92 Å². The van der Waals surface area contributed by atoms with Crippen molar-refractivity contribution in [2.75, 3.05) is 42.9 Å². The zero-order chi connectivity index (χ0) is 25.9. The van der Waals surface area contributed by atoms with Gasteiger partial charge in [0.05, 0.1) is 21.9 Å². The summed E-state index contributed by atoms with van der Waals surface area (Å²) in [7, 11) is 0. The van der Waals surface area contributed by atoms with Crippen LogP contribution in [0.1, 0.15) is 66.5 Å². The molecule has 0 saturated carbocycles. The number of benzene rings is 1. The Morgan fingerprint density at radius 3 is 2.53 bits per heavy atom. The molecule has 0 atom stereocenters. The molecular weight excluding hydrogens is 507 g/mol. The number of hydrogen-bond acceptors (Lipinski definition) is 5. The molecule has 6 nitrogen and oxygen atoms in total. The van der Waals surface area contributed by atoms with Crippen molar-refractivity contribution in [3.05, 3.63) is 39.8 Å². The molecule has 36 heavy (non-hydrogen) atoms. The minimum atomic E-state index is -4.49. The molecule has 11 heteroatoms. The molecule has 3 heterocycles. The Labute approximate surface area is 219 Å². The topological polar surface area (TPSA) is 60.5 Å². The van der Waals surface area contributed by atoms with Gasteiger partial charge in [-0.25, -0.2) is 4.98 Å². The molecule has 0 aliphatic carbocycles. The Bertz CT molecular complexity index is 1070. The Balaban J connectivity index is 1.41. The van der Waals surface area contributed by atoms with Crippen molar-refractivity contribution in [3.8, 4) is 0 Å². The fraction of sp³-hybridized carbons (Fsp3) is 0.560. The van der Waals surface area contributed by atoms with Crippen molar-refractivity contribution in [2.24, 2.45) is 5.92 Å². The van der Waals surface area contributed by atoms with E-state index in [4.69, 9.17) is 12.2 Å². The molecule has 1 amide bonds. The van der Waals surface area contributed by atoms with Crippen molar-refractivity contribution < 1.29 is 18.0 Å². The molecule has 0 radical (unpaired) electrons. The molecule has 1 aromatic heterocycles. The lowest BCUT2D eigenvalue weighted by Crippen LogP contribution is -2.44. The van der Waals surface area contributed by atoms with E-state index in [2.05, 4.69) is 34.4 Å². The number of hydrogen-bond donors (Lipinski definition) is 2. The number of rotatable bonds is 6. The van der Waals surface area contributed by atoms with Crippen molar-refractivity contribution in [2.45, 2.75) is 51.6 Å². The predicted octanol–water partition coefficient (Wildman–Crippen LogP) is 5.72. The first-order chi connectivity index (χ1) is 17.1. The van der Waals surface area contributed by atoms with Gasteiger partial charge in [-0.15, -0.1) is 11.3 Å². The summed E-state index contributed by atoms with van der Waals surface area (Å²) in [6.45, 7) is 8.26. The fourth-order valence-corrected chi connectivity index (χ4v) is 5.78. The van der Waals surface area contributed by atoms with Crippen molar-refractivity contribution in [3.63, 3.8) is 0 Å². The molecule has 196 valence electrons. The van der Waals surface area contributed by atoms with E-state index in [9.17, 15) is 18.0 Å². The number of carbonyl (C=O) groups excluding carboxylic acids is 1. The number of anilines is 2. The summed E-state index contributed by atoms with van der Waals surface area (Å²) in [5.41, 5.74) is 0.226. The van der Waals surface area contributed by atoms with Gasteiger partial charge in [0.2, 0.25) is 0 Å². The first-order valence-electron chi connectivity index (χ1n) is 12.4. The highest BCUT2D eigenvalue weighted by Gasteiger charge is 2.32. The van der Waals surface area contributed by atoms with E-state index in [1.165, 1.54) is 17.4 Å². The van der Waals surface area contributed by atoms with Gasteiger partial charge in [0.25, 0.3) is 5.91 Å². The maximum absolute atomic E-state index is 13.3. The van der Waals surface area contributed by atoms with Crippen LogP contribution in [-0.4, -0.2) is 53.6 Å². The van der Waals surface area contributed by atoms with E-state index in [0.717, 1.165) is 80.7 Å². The molecule has 4 rings (SSSR count). The van der Waals surface area contributed by atoms with Crippen LogP contribution in [0.4, 0.5) is 24.5 Å². The minimum absolute atomic E-state index is 0.169. The highest BCUT2D eigenvalue weighted by molar-refractivity contribution is 7.80. The molecule has 0 bridgehead atoms. The van der Waals surface area contributed by atoms with Gasteiger partial charge in [-0.3, -0.25) is 4.79 Å². The maximum Gasteiger partial charge on any atom is 0.416 e. The minimum Gasteiger partial charge on any atom is -0.370 e. The smallest absolute Gasteiger partial charge is 0.370 e. The van der Waals surface area contributed by atoms with Crippen LogP contribution in [0.2, 0.25) is 0 Å². The van der Waals surface area contributed by atoms with Gasteiger partial charge < -0.3 is 20.4 Å². The zero-order valence-electron chi connectivity index (χ0n) is 20.5. The molecule has 2 fully saturated rings. The molecule has 2 N–H and O–H groups in total. The number of amides is 1. The third kappa shape index (κ3) is 6.47. The van der Waals surface area contributed by atoms with E-state index < -0.39 is 17.6 Å². The van der Waals surface area contributed by atoms with Gasteiger partial charge in [-0.2, -0.15) is 13.2 Å². The van der Waals surface area contributed by atoms with E-state index in [-0.39, 0.29) is 17.3 Å². The van der Waals surface area contributed by atoms with Crippen LogP contribution >= 0.6 is 23.6 Å². The van der Waals surface area contributed by atoms with E-state index in [0.29, 0.717) is 11.6 Å². The van der Waals surface area contributed by atoms with Gasteiger partial charge in [-0.05, 0) is 62.0 Å². The summed E-state index contributed by atoms with van der Waals surface area (Å²) in [4.78, 5) is 21.7. The zero-order valence-corrected chi connectivity index (χ0v) is 22.2. The summed E-state index contributed by atoms with van der Waals surface area (Å²) in [6.07, 6.45) is -0.781. The molecule has 2 aliphatic rings. The maximum atomic E-state index is 13.3. The molecule has 0 spiro atoms. The Kier molecular flexibility index (Phi) is 8.39. The van der Waals surface area contributed by atoms with Gasteiger partial charge in [0.1, 0.15) is 5.69 Å². The summed E-state index contributed by atoms with van der Waals surface area (Å²) < 4.78 is 40.0. The number of thiazole rings is 1. The average Bonchev–Trinajstić information content (AvgIpc) is 3.55. The lowest BCUT2D eigenvalue weighted by molar-refractivity contribution is -0.137. The molecular formula is C25H32F3N5OS2. The van der Waals surface area contributed by atoms with Crippen LogP contribution in [0.15, 0.2) is 23.6 Å². The monoisotopic (exact) mass is 539 g/mol. The Hall–Kier alpha value is -2.40. The summed E-state index contributed by atoms with van der Waals surface area (Å²) in [6, 6.07) is 3.54. The summed E-state index contributed by atoms with van der Waals surface area (Å²) in [5.74, 6) is 0.255. The van der Waals surface area contributed by atoms with Gasteiger partial charge in [0, 0.05) is 44.0 Å². The normalized spacial score (nSPS) is 17.1. The second kappa shape index (κ2) is 11.3. The SMILES string of the molecule is CC(C)CNC(=S)N1CCC(c2nc(C(=O)Nc3cc(C(F)(F)F)ccc3N3CCCC3)cs2)CC1. The standard InChI is InChI=1S/C25H32F3N5OS2/c1-16(2)14-29-24(35)33-11-7-17(8-12-33)23-31-20(15-36-23)22(34)30-19-13-18(25(26,27)28)5-6-21(19)32-9-3-4-10-32/h5-6,13,15-17H,3-4,7-12,14H2,1-2H3,(H,29,35)(H,30,34). The number of nitrogens with zero attached hydrogens (tertiary/aromatic N) is 3. The predicted molar refractivity (Wildman–Crippen MR) is 142 cm³/mol. The van der Waals surface area contributed by atoms with E-state index in [1.54, 1.807) is 5.38 Å². The second-order valence-electron chi connectivity index (χ2n) is 9.79. The molecule has 0 unspecified atom stereocenters. The van der Waals surface area contributed by atoms with Crippen LogP contribution in [0.3, 0.4) is 0 Å². The molecule has 2 saturated heterocycles. The molecule has 1 aromatic carbocycles. The number of alkyl halides is 3. The highest BCUT2D eigenvalue weighted by atomic mass is 32.1. The van der Waals surface area contributed by atoms with Crippen LogP contribution < -0.4 is 15.5 Å². The van der Waals surface area contributed by atoms with Gasteiger partial charge in [0.15, 0.2) is 5.11 Å². The largest absolute Gasteiger partial charge is 0.416 e. The van der Waals surface area contributed by atoms with Gasteiger partial charge >= 0.3 is 6.18 Å². The van der Waals surface area contributed by atoms with Crippen LogP contribution in [0.5, 0.6) is 0 Å². The van der Waals surface area contributed by atoms with Gasteiger partial charge in [-0.1, -0.05) is 13.8 Å². The van der Waals surface area contributed by atoms with Crippen LogP contribution in [0.25, 0.3) is 0 Å². The number of carbonyl (C=O) groups is 1. The lowest BCUT2D eigenvalue weighted by Gasteiger charge is -2.33. The number of nitrogens with one attached hydrogen (secondary N) is 2. The summed E-state index contributed by atoms with van der Waals surface area (Å²) >= 11 is 6.93. The van der Waals surface area contributed by atoms with E-state index in [1.807, 2.05) is 4.90 Å². The number of likely N-dealkylation sites (tertiary alicyclic amines) is 1. The van der Waals surface area contributed by atoms with Crippen molar-refractivity contribution in [1.29, 1.82) is 0 Å².